The molecule has 7 aromatic carbocycles. The van der Waals surface area contributed by atoms with Crippen molar-refractivity contribution in [3.05, 3.63) is 187 Å². The van der Waals surface area contributed by atoms with Gasteiger partial charge in [0.25, 0.3) is 0 Å². The fraction of sp³-hybridized carbons (Fsp3) is 0.118. The van der Waals surface area contributed by atoms with Gasteiger partial charge in [0.2, 0.25) is 0 Å². The lowest BCUT2D eigenvalue weighted by molar-refractivity contribution is 0.353. The van der Waals surface area contributed by atoms with Crippen LogP contribution in [0.4, 0.5) is 0 Å². The van der Waals surface area contributed by atoms with Crippen molar-refractivity contribution in [2.24, 2.45) is 0 Å². The number of hydrogen-bond donors (Lipinski definition) is 0. The van der Waals surface area contributed by atoms with E-state index in [4.69, 9.17) is 15.0 Å². The zero-order chi connectivity index (χ0) is 39.5. The van der Waals surface area contributed by atoms with Crippen LogP contribution < -0.4 is 0 Å². The van der Waals surface area contributed by atoms with Crippen molar-refractivity contribution in [1.29, 1.82) is 0 Å². The first-order chi connectivity index (χ1) is 28.2. The van der Waals surface area contributed by atoms with Crippen LogP contribution in [0.3, 0.4) is 0 Å². The zero-order valence-electron chi connectivity index (χ0n) is 33.7. The second kappa shape index (κ2) is 13.5. The van der Waals surface area contributed by atoms with Crippen LogP contribution in [-0.4, -0.2) is 15.0 Å². The summed E-state index contributed by atoms with van der Waals surface area (Å²) in [7, 11) is 0. The Bertz CT molecular complexity index is 2730. The van der Waals surface area contributed by atoms with Gasteiger partial charge in [-0.15, -0.1) is 0 Å². The van der Waals surface area contributed by atoms with Crippen LogP contribution in [0, 0.1) is 0 Å². The summed E-state index contributed by atoms with van der Waals surface area (Å²) in [6.07, 6.45) is -2.43. The second-order valence-electron chi connectivity index (χ2n) is 14.0. The summed E-state index contributed by atoms with van der Waals surface area (Å²) in [6, 6.07) is 59.3. The number of nitrogens with zero attached hydrogens (tertiary/aromatic N) is 3. The molecule has 2 aliphatic carbocycles. The van der Waals surface area contributed by atoms with Gasteiger partial charge in [0.15, 0.2) is 17.5 Å². The van der Waals surface area contributed by atoms with Crippen molar-refractivity contribution in [3.63, 3.8) is 0 Å². The molecule has 1 saturated carbocycles. The molecule has 258 valence electrons. The Morgan fingerprint density at radius 1 is 0.333 bits per heavy atom. The predicted octanol–water partition coefficient (Wildman–Crippen LogP) is 13.1. The molecule has 1 heterocycles. The lowest BCUT2D eigenvalue weighted by Crippen LogP contribution is -2.28. The highest BCUT2D eigenvalue weighted by molar-refractivity contribution is 5.89. The molecular formula is C51H39N3. The summed E-state index contributed by atoms with van der Waals surface area (Å²) in [5.74, 6) is 1.81. The lowest BCUT2D eigenvalue weighted by Gasteiger charge is -2.36. The molecule has 3 heteroatoms. The van der Waals surface area contributed by atoms with E-state index in [0.717, 1.165) is 72.3 Å². The Morgan fingerprint density at radius 3 is 1.37 bits per heavy atom. The molecule has 0 atom stereocenters. The van der Waals surface area contributed by atoms with Crippen LogP contribution in [0.1, 0.15) is 48.6 Å². The van der Waals surface area contributed by atoms with Crippen molar-refractivity contribution in [1.82, 2.24) is 15.0 Å². The van der Waals surface area contributed by atoms with Gasteiger partial charge in [-0.3, -0.25) is 0 Å². The SMILES string of the molecule is [2H]C1([2H])CCCC([2H])([2H])C12c1ccccc1-c1ccc(-c3ccc(-c4ccccc4)c(-c4ccc(-c5nc(-c6ccccc6)nc(-c6ccccc6)n5)cc4)c3)cc12. The number of fused-ring (bicyclic) bond motifs is 5. The van der Waals surface area contributed by atoms with E-state index in [1.165, 1.54) is 0 Å². The first-order valence-corrected chi connectivity index (χ1v) is 18.7. The number of benzene rings is 7. The van der Waals surface area contributed by atoms with Gasteiger partial charge in [-0.25, -0.2) is 15.0 Å². The van der Waals surface area contributed by atoms with Crippen LogP contribution in [0.5, 0.6) is 0 Å². The number of hydrogen-bond acceptors (Lipinski definition) is 3. The summed E-state index contributed by atoms with van der Waals surface area (Å²) in [6.45, 7) is 0. The van der Waals surface area contributed by atoms with E-state index in [1.807, 2.05) is 91.0 Å². The summed E-state index contributed by atoms with van der Waals surface area (Å²) in [4.78, 5) is 14.8. The van der Waals surface area contributed by atoms with E-state index >= 15 is 0 Å². The maximum absolute atomic E-state index is 9.44. The lowest BCUT2D eigenvalue weighted by atomic mass is 9.67. The molecule has 0 amide bonds. The second-order valence-corrected chi connectivity index (χ2v) is 14.0. The van der Waals surface area contributed by atoms with E-state index in [0.29, 0.717) is 36.7 Å². The molecule has 0 radical (unpaired) electrons. The molecular weight excluding hydrogens is 655 g/mol. The average Bonchev–Trinajstić information content (AvgIpc) is 3.58. The van der Waals surface area contributed by atoms with Gasteiger partial charge in [0.1, 0.15) is 0 Å². The minimum Gasteiger partial charge on any atom is -0.208 e. The highest BCUT2D eigenvalue weighted by Crippen LogP contribution is 2.56. The van der Waals surface area contributed by atoms with E-state index in [9.17, 15) is 5.48 Å². The molecule has 0 aliphatic heterocycles. The summed E-state index contributed by atoms with van der Waals surface area (Å²) >= 11 is 0. The third kappa shape index (κ3) is 5.64. The molecule has 1 aromatic heterocycles. The molecule has 3 nitrogen and oxygen atoms in total. The minimum atomic E-state index is -1.78. The maximum Gasteiger partial charge on any atom is 0.164 e. The molecule has 0 unspecified atom stereocenters. The minimum absolute atomic E-state index is 0.308. The largest absolute Gasteiger partial charge is 0.208 e. The molecule has 0 saturated heterocycles. The molecule has 2 aliphatic rings. The van der Waals surface area contributed by atoms with E-state index < -0.39 is 18.2 Å². The normalized spacial score (nSPS) is 17.0. The van der Waals surface area contributed by atoms with Gasteiger partial charge in [-0.2, -0.15) is 0 Å². The van der Waals surface area contributed by atoms with E-state index in [1.54, 1.807) is 0 Å². The standard InChI is InChI=1S/C51H39N3/c1-5-15-35(16-6-1)42-29-27-40(41-28-30-44-43-21-11-12-22-46(43)51(47(44)34-41)31-13-4-14-32-51)33-45(42)36-23-25-39(26-24-36)50-53-48(37-17-7-2-8-18-37)52-49(54-50)38-19-9-3-10-20-38/h1-3,5-12,15-30,33-34H,4,13-14,31-32H2/i31D2,32D2. The van der Waals surface area contributed by atoms with Crippen LogP contribution in [0.15, 0.2) is 176 Å². The molecule has 54 heavy (non-hydrogen) atoms. The van der Waals surface area contributed by atoms with Gasteiger partial charge >= 0.3 is 0 Å². The fourth-order valence-corrected chi connectivity index (χ4v) is 8.11. The quantitative estimate of drug-likeness (QED) is 0.174. The van der Waals surface area contributed by atoms with Gasteiger partial charge in [0, 0.05) is 27.6 Å². The molecule has 0 N–H and O–H groups in total. The first kappa shape index (κ1) is 28.1. The van der Waals surface area contributed by atoms with E-state index in [2.05, 4.69) is 84.9 Å². The molecule has 0 bridgehead atoms. The Morgan fingerprint density at radius 2 is 0.759 bits per heavy atom. The molecule has 10 rings (SSSR count). The molecule has 8 aromatic rings. The van der Waals surface area contributed by atoms with Crippen LogP contribution in [-0.2, 0) is 5.41 Å². The average molecular weight is 698 g/mol. The molecule has 1 fully saturated rings. The highest BCUT2D eigenvalue weighted by atomic mass is 15.0. The third-order valence-electron chi connectivity index (χ3n) is 10.8. The van der Waals surface area contributed by atoms with Gasteiger partial charge in [0.05, 0.1) is 0 Å². The Hall–Kier alpha value is -6.45. The van der Waals surface area contributed by atoms with Crippen molar-refractivity contribution < 1.29 is 5.48 Å². The van der Waals surface area contributed by atoms with Gasteiger partial charge < -0.3 is 0 Å². The van der Waals surface area contributed by atoms with Crippen LogP contribution >= 0.6 is 0 Å². The predicted molar refractivity (Wildman–Crippen MR) is 222 cm³/mol. The smallest absolute Gasteiger partial charge is 0.164 e. The van der Waals surface area contributed by atoms with Crippen molar-refractivity contribution in [3.8, 4) is 78.7 Å². The number of rotatable bonds is 6. The fourth-order valence-electron chi connectivity index (χ4n) is 8.11. The van der Waals surface area contributed by atoms with Crippen molar-refractivity contribution >= 4 is 0 Å². The van der Waals surface area contributed by atoms with Crippen molar-refractivity contribution in [2.75, 3.05) is 0 Å². The monoisotopic (exact) mass is 697 g/mol. The topological polar surface area (TPSA) is 38.7 Å². The van der Waals surface area contributed by atoms with Crippen LogP contribution in [0.2, 0.25) is 0 Å². The highest BCUT2D eigenvalue weighted by Gasteiger charge is 2.43. The zero-order valence-corrected chi connectivity index (χ0v) is 29.7. The maximum atomic E-state index is 9.44. The molecule has 1 spiro atoms. The van der Waals surface area contributed by atoms with Crippen molar-refractivity contribution in [2.45, 2.75) is 37.4 Å². The third-order valence-corrected chi connectivity index (χ3v) is 10.8. The van der Waals surface area contributed by atoms with Crippen LogP contribution in [0.25, 0.3) is 78.7 Å². The van der Waals surface area contributed by atoms with Gasteiger partial charge in [-0.05, 0) is 80.5 Å². The van der Waals surface area contributed by atoms with E-state index in [-0.39, 0.29) is 0 Å². The summed E-state index contributed by atoms with van der Waals surface area (Å²) in [5.41, 5.74) is 10.8. The first-order valence-electron chi connectivity index (χ1n) is 20.7. The van der Waals surface area contributed by atoms with Gasteiger partial charge in [-0.1, -0.05) is 183 Å². The number of aromatic nitrogens is 3. The Kier molecular flexibility index (Phi) is 7.03. The Balaban J connectivity index is 1.10. The Labute approximate surface area is 322 Å². The summed E-state index contributed by atoms with van der Waals surface area (Å²) < 4.78 is 37.8. The summed E-state index contributed by atoms with van der Waals surface area (Å²) in [5, 5.41) is 0.